The van der Waals surface area contributed by atoms with Crippen LogP contribution in [0, 0.1) is 5.41 Å². The first-order valence-electron chi connectivity index (χ1n) is 6.96. The summed E-state index contributed by atoms with van der Waals surface area (Å²) in [6, 6.07) is 6.39. The van der Waals surface area contributed by atoms with E-state index in [0.29, 0.717) is 5.41 Å². The second-order valence-electron chi connectivity index (χ2n) is 5.86. The number of benzene rings is 1. The van der Waals surface area contributed by atoms with Crippen LogP contribution >= 0.6 is 15.9 Å². The summed E-state index contributed by atoms with van der Waals surface area (Å²) >= 11 is 3.56. The quantitative estimate of drug-likeness (QED) is 0.925. The lowest BCUT2D eigenvalue weighted by molar-refractivity contribution is 0.268. The number of likely N-dealkylation sites (tertiary alicyclic amines) is 1. The van der Waals surface area contributed by atoms with Gasteiger partial charge in [-0.25, -0.2) is 0 Å². The van der Waals surface area contributed by atoms with E-state index in [2.05, 4.69) is 38.3 Å². The number of ether oxygens (including phenoxy) is 1. The van der Waals surface area contributed by atoms with Crippen LogP contribution in [-0.4, -0.2) is 38.2 Å². The monoisotopic (exact) mass is 324 g/mol. The number of hydrogen-bond donors (Lipinski definition) is 1. The van der Waals surface area contributed by atoms with Crippen LogP contribution in [-0.2, 0) is 6.54 Å². The van der Waals surface area contributed by atoms with Gasteiger partial charge in [0.05, 0.1) is 11.6 Å². The van der Waals surface area contributed by atoms with E-state index >= 15 is 0 Å². The number of nitrogens with zero attached hydrogens (tertiary/aromatic N) is 1. The molecule has 0 bridgehead atoms. The fourth-order valence-electron chi connectivity index (χ4n) is 3.37. The van der Waals surface area contributed by atoms with E-state index in [4.69, 9.17) is 4.74 Å². The third-order valence-corrected chi connectivity index (χ3v) is 5.09. The zero-order valence-electron chi connectivity index (χ0n) is 11.4. The first-order valence-corrected chi connectivity index (χ1v) is 7.76. The van der Waals surface area contributed by atoms with Crippen molar-refractivity contribution in [2.45, 2.75) is 19.4 Å². The summed E-state index contributed by atoms with van der Waals surface area (Å²) in [5.41, 5.74) is 1.92. The van der Waals surface area contributed by atoms with Gasteiger partial charge < -0.3 is 10.1 Å². The predicted molar refractivity (Wildman–Crippen MR) is 80.5 cm³/mol. The molecule has 2 heterocycles. The average Bonchev–Trinajstić information content (AvgIpc) is 3.01. The Morgan fingerprint density at radius 1 is 1.42 bits per heavy atom. The molecule has 104 valence electrons. The molecule has 0 saturated carbocycles. The third kappa shape index (κ3) is 2.81. The molecule has 0 radical (unpaired) electrons. The summed E-state index contributed by atoms with van der Waals surface area (Å²) in [7, 11) is 1.71. The molecule has 0 aromatic heterocycles. The molecule has 0 aliphatic carbocycles. The molecular weight excluding hydrogens is 304 g/mol. The maximum atomic E-state index is 5.28. The van der Waals surface area contributed by atoms with Crippen molar-refractivity contribution in [3.63, 3.8) is 0 Å². The van der Waals surface area contributed by atoms with Gasteiger partial charge >= 0.3 is 0 Å². The SMILES string of the molecule is COc1ccc(CN2CCC3(CCNC3)C2)cc1Br. The standard InChI is InChI=1S/C15H21BrN2O/c1-19-14-3-2-12(8-13(14)16)9-18-7-5-15(11-18)4-6-17-10-15/h2-3,8,17H,4-7,9-11H2,1H3. The lowest BCUT2D eigenvalue weighted by atomic mass is 9.86. The Kier molecular flexibility index (Phi) is 3.83. The highest BCUT2D eigenvalue weighted by molar-refractivity contribution is 9.10. The number of rotatable bonds is 3. The molecule has 3 rings (SSSR count). The van der Waals surface area contributed by atoms with E-state index in [0.717, 1.165) is 16.8 Å². The van der Waals surface area contributed by atoms with Crippen LogP contribution in [0.1, 0.15) is 18.4 Å². The predicted octanol–water partition coefficient (Wildman–Crippen LogP) is 2.64. The minimum Gasteiger partial charge on any atom is -0.496 e. The number of nitrogens with one attached hydrogen (secondary N) is 1. The van der Waals surface area contributed by atoms with Crippen molar-refractivity contribution in [2.24, 2.45) is 5.41 Å². The lowest BCUT2D eigenvalue weighted by Gasteiger charge is -2.23. The normalized spacial score (nSPS) is 27.3. The van der Waals surface area contributed by atoms with E-state index in [1.807, 2.05) is 6.07 Å². The van der Waals surface area contributed by atoms with Crippen molar-refractivity contribution >= 4 is 15.9 Å². The van der Waals surface area contributed by atoms with Gasteiger partial charge in [0.25, 0.3) is 0 Å². The summed E-state index contributed by atoms with van der Waals surface area (Å²) in [5.74, 6) is 0.904. The zero-order valence-corrected chi connectivity index (χ0v) is 13.0. The molecule has 1 aromatic rings. The topological polar surface area (TPSA) is 24.5 Å². The van der Waals surface area contributed by atoms with E-state index in [9.17, 15) is 0 Å². The molecule has 3 nitrogen and oxygen atoms in total. The van der Waals surface area contributed by atoms with Gasteiger partial charge in [0.2, 0.25) is 0 Å². The van der Waals surface area contributed by atoms with Crippen molar-refractivity contribution in [3.8, 4) is 5.75 Å². The molecule has 1 N–H and O–H groups in total. The highest BCUT2D eigenvalue weighted by atomic mass is 79.9. The number of hydrogen-bond acceptors (Lipinski definition) is 3. The number of methoxy groups -OCH3 is 1. The molecule has 2 aliphatic heterocycles. The summed E-state index contributed by atoms with van der Waals surface area (Å²) in [6.07, 6.45) is 2.69. The molecular formula is C15H21BrN2O. The van der Waals surface area contributed by atoms with Crippen molar-refractivity contribution in [2.75, 3.05) is 33.3 Å². The van der Waals surface area contributed by atoms with Gasteiger partial charge in [-0.15, -0.1) is 0 Å². The van der Waals surface area contributed by atoms with Crippen LogP contribution in [0.25, 0.3) is 0 Å². The summed E-state index contributed by atoms with van der Waals surface area (Å²) in [5, 5.41) is 3.51. The molecule has 19 heavy (non-hydrogen) atoms. The second-order valence-corrected chi connectivity index (χ2v) is 6.71. The molecule has 1 unspecified atom stereocenters. The number of halogens is 1. The molecule has 1 spiro atoms. The van der Waals surface area contributed by atoms with Crippen molar-refractivity contribution in [1.29, 1.82) is 0 Å². The van der Waals surface area contributed by atoms with Crippen molar-refractivity contribution < 1.29 is 4.74 Å². The van der Waals surface area contributed by atoms with Gasteiger partial charge in [-0.1, -0.05) is 6.07 Å². The van der Waals surface area contributed by atoms with Gasteiger partial charge in [0.1, 0.15) is 5.75 Å². The Bertz CT molecular complexity index is 457. The summed E-state index contributed by atoms with van der Waals surface area (Å²) < 4.78 is 6.32. The third-order valence-electron chi connectivity index (χ3n) is 4.47. The van der Waals surface area contributed by atoms with E-state index in [1.165, 1.54) is 44.6 Å². The van der Waals surface area contributed by atoms with Crippen LogP contribution in [0.15, 0.2) is 22.7 Å². The summed E-state index contributed by atoms with van der Waals surface area (Å²) in [4.78, 5) is 2.58. The Labute approximate surface area is 123 Å². The Morgan fingerprint density at radius 3 is 3.00 bits per heavy atom. The minimum absolute atomic E-state index is 0.559. The smallest absolute Gasteiger partial charge is 0.133 e. The van der Waals surface area contributed by atoms with Gasteiger partial charge in [-0.05, 0) is 65.0 Å². The molecule has 2 fully saturated rings. The Balaban J connectivity index is 1.64. The molecule has 4 heteroatoms. The lowest BCUT2D eigenvalue weighted by Crippen LogP contribution is -2.28. The molecule has 1 aromatic carbocycles. The van der Waals surface area contributed by atoms with Gasteiger partial charge in [0, 0.05) is 19.6 Å². The van der Waals surface area contributed by atoms with E-state index in [-0.39, 0.29) is 0 Å². The van der Waals surface area contributed by atoms with Gasteiger partial charge in [0.15, 0.2) is 0 Å². The molecule has 2 aliphatic rings. The van der Waals surface area contributed by atoms with Crippen LogP contribution in [0.2, 0.25) is 0 Å². The first-order chi connectivity index (χ1) is 9.21. The summed E-state index contributed by atoms with van der Waals surface area (Å²) in [6.45, 7) is 5.91. The average molecular weight is 325 g/mol. The Morgan fingerprint density at radius 2 is 2.32 bits per heavy atom. The van der Waals surface area contributed by atoms with Crippen LogP contribution in [0.5, 0.6) is 5.75 Å². The maximum Gasteiger partial charge on any atom is 0.133 e. The highest BCUT2D eigenvalue weighted by Gasteiger charge is 2.39. The minimum atomic E-state index is 0.559. The second kappa shape index (κ2) is 5.43. The van der Waals surface area contributed by atoms with Gasteiger partial charge in [-0.3, -0.25) is 4.90 Å². The fraction of sp³-hybridized carbons (Fsp3) is 0.600. The molecule has 2 saturated heterocycles. The molecule has 1 atom stereocenters. The van der Waals surface area contributed by atoms with Crippen molar-refractivity contribution in [3.05, 3.63) is 28.2 Å². The highest BCUT2D eigenvalue weighted by Crippen LogP contribution is 2.37. The van der Waals surface area contributed by atoms with Gasteiger partial charge in [-0.2, -0.15) is 0 Å². The largest absolute Gasteiger partial charge is 0.496 e. The zero-order chi connectivity index (χ0) is 13.3. The fourth-order valence-corrected chi connectivity index (χ4v) is 3.96. The van der Waals surface area contributed by atoms with Crippen LogP contribution < -0.4 is 10.1 Å². The van der Waals surface area contributed by atoms with E-state index in [1.54, 1.807) is 7.11 Å². The van der Waals surface area contributed by atoms with Crippen LogP contribution in [0.3, 0.4) is 0 Å². The maximum absolute atomic E-state index is 5.28. The van der Waals surface area contributed by atoms with Crippen molar-refractivity contribution in [1.82, 2.24) is 10.2 Å². The van der Waals surface area contributed by atoms with E-state index < -0.39 is 0 Å². The molecule has 0 amide bonds. The first kappa shape index (κ1) is 13.4. The Hall–Kier alpha value is -0.580. The van der Waals surface area contributed by atoms with Crippen LogP contribution in [0.4, 0.5) is 0 Å².